The standard InChI is InChI=1S/C38H48FN5O7S/c1-25-11-8-9-15-31(25)40-32-16-7-5-3-4-6-13-27-20-38(27,36(47)42-52(48,49)37(2)17-18-37)41-34(45)33-19-28(22-44(33)35(32)46)50-24-51-43-21-26-12-10-14-30(39)29(26)23-43/h6,8-15,27-28,32-33,40H,3-5,7,16-24H2,1-2H3,(H,41,45)(H,42,47)/b13-6-/t27-,28+,32-,33-,38+/m0/s1. The molecule has 2 saturated carbocycles. The van der Waals surface area contributed by atoms with Gasteiger partial charge in [0.05, 0.1) is 23.9 Å². The Morgan fingerprint density at radius 2 is 1.88 bits per heavy atom. The topological polar surface area (TPSA) is 146 Å². The van der Waals surface area contributed by atoms with Crippen LogP contribution in [0.15, 0.2) is 54.6 Å². The SMILES string of the molecule is Cc1ccccc1N[C@H]1CCCCC/C=C\[C@H]2C[C@@]2(C(=O)NS(=O)(=O)C2(C)CC2)NC(=O)[C@@H]2C[C@@H](OCON3Cc4cccc(F)c4C3)CN2C1=O. The van der Waals surface area contributed by atoms with Crippen molar-refractivity contribution in [2.24, 2.45) is 5.92 Å². The van der Waals surface area contributed by atoms with Crippen molar-refractivity contribution in [1.29, 1.82) is 0 Å². The van der Waals surface area contributed by atoms with E-state index < -0.39 is 50.3 Å². The maximum absolute atomic E-state index is 14.5. The number of amides is 3. The number of sulfonamides is 1. The van der Waals surface area contributed by atoms with Crippen LogP contribution in [-0.4, -0.2) is 77.9 Å². The number of aryl methyl sites for hydroxylation is 1. The van der Waals surface area contributed by atoms with Gasteiger partial charge in [0.25, 0.3) is 5.91 Å². The highest BCUT2D eigenvalue weighted by molar-refractivity contribution is 7.91. The van der Waals surface area contributed by atoms with Crippen molar-refractivity contribution in [1.82, 2.24) is 20.0 Å². The van der Waals surface area contributed by atoms with Crippen molar-refractivity contribution < 1.29 is 36.8 Å². The lowest BCUT2D eigenvalue weighted by Gasteiger charge is -2.30. The summed E-state index contributed by atoms with van der Waals surface area (Å²) in [6.07, 6.45) is 8.48. The van der Waals surface area contributed by atoms with Crippen LogP contribution in [0, 0.1) is 18.7 Å². The van der Waals surface area contributed by atoms with Gasteiger partial charge in [-0.1, -0.05) is 55.3 Å². The monoisotopic (exact) mass is 737 g/mol. The zero-order chi connectivity index (χ0) is 36.7. The summed E-state index contributed by atoms with van der Waals surface area (Å²) < 4.78 is 47.9. The third-order valence-corrected chi connectivity index (χ3v) is 13.5. The summed E-state index contributed by atoms with van der Waals surface area (Å²) in [5.74, 6) is -2.24. The number of carbonyl (C=O) groups excluding carboxylic acids is 3. The van der Waals surface area contributed by atoms with Gasteiger partial charge in [0, 0.05) is 30.1 Å². The average molecular weight is 738 g/mol. The number of ether oxygens (including phenoxy) is 1. The molecule has 3 heterocycles. The lowest BCUT2D eigenvalue weighted by molar-refractivity contribution is -0.239. The van der Waals surface area contributed by atoms with Crippen molar-refractivity contribution in [3.63, 3.8) is 0 Å². The largest absolute Gasteiger partial charge is 0.373 e. The van der Waals surface area contributed by atoms with Crippen molar-refractivity contribution in [2.45, 2.75) is 113 Å². The number of hydrogen-bond acceptors (Lipinski definition) is 9. The summed E-state index contributed by atoms with van der Waals surface area (Å²) in [5.41, 5.74) is 1.77. The number of nitrogens with one attached hydrogen (secondary N) is 3. The van der Waals surface area contributed by atoms with Crippen LogP contribution in [0.2, 0.25) is 0 Å². The third-order valence-electron chi connectivity index (χ3n) is 11.4. The van der Waals surface area contributed by atoms with Gasteiger partial charge >= 0.3 is 0 Å². The molecule has 7 rings (SSSR count). The first-order valence-electron chi connectivity index (χ1n) is 18.3. The van der Waals surface area contributed by atoms with Gasteiger partial charge in [0.15, 0.2) is 6.79 Å². The molecule has 2 aliphatic carbocycles. The molecule has 2 aromatic rings. The summed E-state index contributed by atoms with van der Waals surface area (Å²) in [4.78, 5) is 49.9. The molecule has 3 amide bonds. The number of nitrogens with zero attached hydrogens (tertiary/aromatic N) is 2. The number of carbonyl (C=O) groups is 3. The van der Waals surface area contributed by atoms with Crippen LogP contribution in [-0.2, 0) is 47.1 Å². The number of rotatable bonds is 9. The van der Waals surface area contributed by atoms with E-state index in [0.29, 0.717) is 31.4 Å². The van der Waals surface area contributed by atoms with Crippen LogP contribution in [0.1, 0.15) is 81.4 Å². The summed E-state index contributed by atoms with van der Waals surface area (Å²) in [6.45, 7) is 4.18. The van der Waals surface area contributed by atoms with E-state index in [1.807, 2.05) is 49.4 Å². The predicted octanol–water partition coefficient (Wildman–Crippen LogP) is 4.20. The van der Waals surface area contributed by atoms with Crippen LogP contribution < -0.4 is 15.4 Å². The minimum Gasteiger partial charge on any atom is -0.373 e. The van der Waals surface area contributed by atoms with Crippen LogP contribution in [0.5, 0.6) is 0 Å². The Bertz CT molecular complexity index is 1850. The molecular weight excluding hydrogens is 690 g/mol. The van der Waals surface area contributed by atoms with Crippen molar-refractivity contribution >= 4 is 33.4 Å². The molecule has 3 aliphatic heterocycles. The fraction of sp³-hybridized carbons (Fsp3) is 0.553. The Morgan fingerprint density at radius 3 is 2.65 bits per heavy atom. The Morgan fingerprint density at radius 1 is 1.08 bits per heavy atom. The highest BCUT2D eigenvalue weighted by atomic mass is 32.2. The van der Waals surface area contributed by atoms with E-state index >= 15 is 0 Å². The number of anilines is 1. The Hall–Kier alpha value is -3.85. The molecule has 0 spiro atoms. The first-order valence-corrected chi connectivity index (χ1v) is 19.8. The molecule has 3 fully saturated rings. The quantitative estimate of drug-likeness (QED) is 0.255. The molecule has 12 nitrogen and oxygen atoms in total. The van der Waals surface area contributed by atoms with E-state index in [1.54, 1.807) is 18.1 Å². The maximum Gasteiger partial charge on any atom is 0.259 e. The Balaban J connectivity index is 1.11. The molecule has 1 saturated heterocycles. The molecule has 0 unspecified atom stereocenters. The minimum atomic E-state index is -3.95. The zero-order valence-corrected chi connectivity index (χ0v) is 30.6. The second-order valence-corrected chi connectivity index (χ2v) is 17.4. The Labute approximate surface area is 304 Å². The first-order chi connectivity index (χ1) is 24.9. The Kier molecular flexibility index (Phi) is 10.2. The van der Waals surface area contributed by atoms with Crippen LogP contribution in [0.3, 0.4) is 0 Å². The van der Waals surface area contributed by atoms with Crippen molar-refractivity contribution in [3.8, 4) is 0 Å². The summed E-state index contributed by atoms with van der Waals surface area (Å²) in [6, 6.07) is 11.1. The highest BCUT2D eigenvalue weighted by Gasteiger charge is 2.63. The number of hydrogen-bond donors (Lipinski definition) is 3. The third kappa shape index (κ3) is 7.48. The number of halogens is 1. The van der Waals surface area contributed by atoms with E-state index in [1.165, 1.54) is 11.0 Å². The fourth-order valence-electron chi connectivity index (χ4n) is 7.55. The van der Waals surface area contributed by atoms with Gasteiger partial charge in [-0.3, -0.25) is 23.9 Å². The summed E-state index contributed by atoms with van der Waals surface area (Å²) in [5, 5.41) is 7.98. The molecule has 5 atom stereocenters. The molecular formula is C38H48FN5O7S. The molecule has 52 heavy (non-hydrogen) atoms. The number of hydroxylamine groups is 2. The predicted molar refractivity (Wildman–Crippen MR) is 191 cm³/mol. The zero-order valence-electron chi connectivity index (χ0n) is 29.7. The second-order valence-electron chi connectivity index (χ2n) is 15.2. The van der Waals surface area contributed by atoms with Gasteiger partial charge in [-0.25, -0.2) is 12.8 Å². The molecule has 3 N–H and O–H groups in total. The average Bonchev–Trinajstić information content (AvgIpc) is 3.91. The van der Waals surface area contributed by atoms with E-state index in [2.05, 4.69) is 15.4 Å². The number of fused-ring (bicyclic) bond motifs is 3. The molecule has 14 heteroatoms. The van der Waals surface area contributed by atoms with Gasteiger partial charge in [0.2, 0.25) is 21.8 Å². The van der Waals surface area contributed by atoms with Crippen LogP contribution >= 0.6 is 0 Å². The highest BCUT2D eigenvalue weighted by Crippen LogP contribution is 2.47. The van der Waals surface area contributed by atoms with E-state index in [9.17, 15) is 27.2 Å². The molecule has 2 aromatic carbocycles. The number of benzene rings is 2. The maximum atomic E-state index is 14.5. The summed E-state index contributed by atoms with van der Waals surface area (Å²) in [7, 11) is -3.95. The number of para-hydroxylation sites is 1. The molecule has 0 bridgehead atoms. The lowest BCUT2D eigenvalue weighted by Crippen LogP contribution is -2.58. The van der Waals surface area contributed by atoms with Crippen LogP contribution in [0.4, 0.5) is 10.1 Å². The minimum absolute atomic E-state index is 0.107. The van der Waals surface area contributed by atoms with Gasteiger partial charge in [-0.2, -0.15) is 5.06 Å². The smallest absolute Gasteiger partial charge is 0.259 e. The lowest BCUT2D eigenvalue weighted by atomic mass is 10.0. The van der Waals surface area contributed by atoms with Crippen LogP contribution in [0.25, 0.3) is 0 Å². The van der Waals surface area contributed by atoms with E-state index in [-0.39, 0.29) is 50.4 Å². The second kappa shape index (κ2) is 14.5. The van der Waals surface area contributed by atoms with Crippen molar-refractivity contribution in [2.75, 3.05) is 18.7 Å². The molecule has 0 radical (unpaired) electrons. The van der Waals surface area contributed by atoms with Gasteiger partial charge in [-0.05, 0) is 75.6 Å². The van der Waals surface area contributed by atoms with Gasteiger partial charge in [-0.15, -0.1) is 0 Å². The molecule has 5 aliphatic rings. The van der Waals surface area contributed by atoms with Crippen molar-refractivity contribution in [3.05, 3.63) is 77.1 Å². The molecule has 0 aromatic heterocycles. The van der Waals surface area contributed by atoms with E-state index in [4.69, 9.17) is 9.57 Å². The molecule has 280 valence electrons. The fourth-order valence-corrected chi connectivity index (χ4v) is 8.86. The number of allylic oxidation sites excluding steroid dienone is 1. The summed E-state index contributed by atoms with van der Waals surface area (Å²) >= 11 is 0. The van der Waals surface area contributed by atoms with E-state index in [0.717, 1.165) is 42.5 Å². The van der Waals surface area contributed by atoms with Gasteiger partial charge in [0.1, 0.15) is 23.4 Å². The normalized spacial score (nSPS) is 29.5. The first kappa shape index (κ1) is 36.5. The van der Waals surface area contributed by atoms with Gasteiger partial charge < -0.3 is 20.3 Å².